The summed E-state index contributed by atoms with van der Waals surface area (Å²) in [5.41, 5.74) is 2.59. The highest BCUT2D eigenvalue weighted by Crippen LogP contribution is 2.36. The second-order valence-electron chi connectivity index (χ2n) is 7.74. The molecule has 2 aromatic rings. The number of ether oxygens (including phenoxy) is 1. The van der Waals surface area contributed by atoms with E-state index in [9.17, 15) is 4.79 Å². The van der Waals surface area contributed by atoms with Crippen LogP contribution in [0.1, 0.15) is 49.7 Å². The number of methoxy groups -OCH3 is 1. The zero-order chi connectivity index (χ0) is 18.6. The van der Waals surface area contributed by atoms with E-state index >= 15 is 0 Å². The quantitative estimate of drug-likeness (QED) is 0.813. The van der Waals surface area contributed by atoms with Crippen LogP contribution in [0.5, 0.6) is 5.75 Å². The van der Waals surface area contributed by atoms with Gasteiger partial charge < -0.3 is 9.64 Å². The van der Waals surface area contributed by atoms with Gasteiger partial charge in [0.2, 0.25) is 5.91 Å². The Morgan fingerprint density at radius 1 is 1.22 bits per heavy atom. The Kier molecular flexibility index (Phi) is 5.41. The van der Waals surface area contributed by atoms with Crippen LogP contribution in [0.15, 0.2) is 30.6 Å². The number of carbonyl (C=O) groups is 1. The number of hydrogen-bond acceptors (Lipinski definition) is 4. The maximum Gasteiger partial charge on any atom is 0.225 e. The molecule has 1 atom stereocenters. The number of hydrogen-bond donors (Lipinski definition) is 0. The van der Waals surface area contributed by atoms with Gasteiger partial charge in [0.15, 0.2) is 0 Å². The predicted molar refractivity (Wildman–Crippen MR) is 102 cm³/mol. The average Bonchev–Trinajstić information content (AvgIpc) is 3.25. The number of rotatable bonds is 5. The molecular formula is C21H28N4O2. The van der Waals surface area contributed by atoms with Gasteiger partial charge in [-0.15, -0.1) is 5.10 Å². The largest absolute Gasteiger partial charge is 0.497 e. The normalized spacial score (nSPS) is 20.3. The van der Waals surface area contributed by atoms with Crippen LogP contribution in [0.4, 0.5) is 0 Å². The molecule has 1 aromatic carbocycles. The van der Waals surface area contributed by atoms with E-state index in [-0.39, 0.29) is 5.91 Å². The Balaban J connectivity index is 1.55. The van der Waals surface area contributed by atoms with Crippen molar-refractivity contribution >= 4 is 5.91 Å². The molecule has 27 heavy (non-hydrogen) atoms. The molecule has 6 heteroatoms. The maximum absolute atomic E-state index is 13.1. The first-order valence-electron chi connectivity index (χ1n) is 10.0. The van der Waals surface area contributed by atoms with E-state index in [2.05, 4.69) is 27.3 Å². The third-order valence-electron chi connectivity index (χ3n) is 6.12. The van der Waals surface area contributed by atoms with Gasteiger partial charge in [-0.25, -0.2) is 0 Å². The van der Waals surface area contributed by atoms with Crippen molar-refractivity contribution in [1.82, 2.24) is 19.9 Å². The minimum absolute atomic E-state index is 0.217. The van der Waals surface area contributed by atoms with Crippen molar-refractivity contribution in [3.05, 3.63) is 41.7 Å². The fraction of sp³-hybridized carbons (Fsp3) is 0.571. The molecule has 4 rings (SSSR count). The van der Waals surface area contributed by atoms with Crippen molar-refractivity contribution in [3.8, 4) is 5.75 Å². The van der Waals surface area contributed by atoms with Crippen LogP contribution in [0, 0.1) is 5.92 Å². The zero-order valence-electron chi connectivity index (χ0n) is 16.0. The summed E-state index contributed by atoms with van der Waals surface area (Å²) in [5.74, 6) is 1.69. The molecule has 1 unspecified atom stereocenters. The van der Waals surface area contributed by atoms with Gasteiger partial charge >= 0.3 is 0 Å². The van der Waals surface area contributed by atoms with Gasteiger partial charge in [-0.05, 0) is 48.4 Å². The van der Waals surface area contributed by atoms with Crippen molar-refractivity contribution in [2.45, 2.75) is 64.1 Å². The molecule has 0 bridgehead atoms. The molecule has 0 saturated heterocycles. The van der Waals surface area contributed by atoms with Crippen LogP contribution in [0.25, 0.3) is 0 Å². The molecule has 0 radical (unpaired) electrons. The van der Waals surface area contributed by atoms with Crippen LogP contribution in [0.2, 0.25) is 0 Å². The molecule has 144 valence electrons. The fourth-order valence-corrected chi connectivity index (χ4v) is 4.63. The highest BCUT2D eigenvalue weighted by Gasteiger charge is 2.35. The Labute approximate surface area is 160 Å². The van der Waals surface area contributed by atoms with Gasteiger partial charge in [0, 0.05) is 25.2 Å². The van der Waals surface area contributed by atoms with Crippen LogP contribution < -0.4 is 4.74 Å². The topological polar surface area (TPSA) is 60.2 Å². The molecule has 1 aliphatic heterocycles. The first-order chi connectivity index (χ1) is 13.2. The number of aryl methyl sites for hydroxylation is 1. The SMILES string of the molecule is COc1ccc2c(c1)CN(C(=O)CCn1ccnn1)C(C1CCCCC1)C2. The highest BCUT2D eigenvalue weighted by atomic mass is 16.5. The maximum atomic E-state index is 13.1. The van der Waals surface area contributed by atoms with E-state index in [1.807, 2.05) is 12.3 Å². The summed E-state index contributed by atoms with van der Waals surface area (Å²) in [5, 5.41) is 7.80. The van der Waals surface area contributed by atoms with E-state index in [1.54, 1.807) is 18.0 Å². The van der Waals surface area contributed by atoms with Crippen molar-refractivity contribution < 1.29 is 9.53 Å². The van der Waals surface area contributed by atoms with Gasteiger partial charge in [-0.1, -0.05) is 30.5 Å². The van der Waals surface area contributed by atoms with E-state index in [1.165, 1.54) is 43.2 Å². The first kappa shape index (κ1) is 18.0. The molecule has 1 saturated carbocycles. The predicted octanol–water partition coefficient (Wildman–Crippen LogP) is 3.21. The molecule has 1 aromatic heterocycles. The first-order valence-corrected chi connectivity index (χ1v) is 10.0. The van der Waals surface area contributed by atoms with E-state index < -0.39 is 0 Å². The summed E-state index contributed by atoms with van der Waals surface area (Å²) in [6.45, 7) is 1.27. The minimum Gasteiger partial charge on any atom is -0.497 e. The number of fused-ring (bicyclic) bond motifs is 1. The summed E-state index contributed by atoms with van der Waals surface area (Å²) < 4.78 is 7.12. The lowest BCUT2D eigenvalue weighted by Gasteiger charge is -2.43. The molecule has 1 amide bonds. The van der Waals surface area contributed by atoms with Gasteiger partial charge in [-0.3, -0.25) is 9.48 Å². The van der Waals surface area contributed by atoms with Crippen LogP contribution >= 0.6 is 0 Å². The number of benzene rings is 1. The summed E-state index contributed by atoms with van der Waals surface area (Å²) >= 11 is 0. The summed E-state index contributed by atoms with van der Waals surface area (Å²) in [7, 11) is 1.69. The Morgan fingerprint density at radius 2 is 2.07 bits per heavy atom. The number of amides is 1. The zero-order valence-corrected chi connectivity index (χ0v) is 16.0. The Hall–Kier alpha value is -2.37. The lowest BCUT2D eigenvalue weighted by atomic mass is 9.78. The minimum atomic E-state index is 0.217. The van der Waals surface area contributed by atoms with Crippen LogP contribution in [-0.4, -0.2) is 39.0 Å². The second kappa shape index (κ2) is 8.11. The Morgan fingerprint density at radius 3 is 2.81 bits per heavy atom. The summed E-state index contributed by atoms with van der Waals surface area (Å²) in [4.78, 5) is 15.3. The lowest BCUT2D eigenvalue weighted by molar-refractivity contribution is -0.136. The average molecular weight is 368 g/mol. The molecule has 1 fully saturated rings. The number of aromatic nitrogens is 3. The van der Waals surface area contributed by atoms with Gasteiger partial charge in [0.05, 0.1) is 19.9 Å². The second-order valence-corrected chi connectivity index (χ2v) is 7.74. The van der Waals surface area contributed by atoms with Gasteiger partial charge in [-0.2, -0.15) is 0 Å². The molecule has 1 aliphatic carbocycles. The standard InChI is InChI=1S/C21H28N4O2/c1-27-19-8-7-17-14-20(16-5-3-2-4-6-16)25(15-18(17)13-19)21(26)9-11-24-12-10-22-23-24/h7-8,10,12-13,16,20H,2-6,9,11,14-15H2,1H3. The van der Waals surface area contributed by atoms with Crippen LogP contribution in [-0.2, 0) is 24.3 Å². The monoisotopic (exact) mass is 368 g/mol. The van der Waals surface area contributed by atoms with Gasteiger partial charge in [0.1, 0.15) is 5.75 Å². The summed E-state index contributed by atoms with van der Waals surface area (Å²) in [6, 6.07) is 6.62. The van der Waals surface area contributed by atoms with Crippen molar-refractivity contribution in [3.63, 3.8) is 0 Å². The van der Waals surface area contributed by atoms with E-state index in [0.717, 1.165) is 12.2 Å². The third-order valence-corrected chi connectivity index (χ3v) is 6.12. The molecular weight excluding hydrogens is 340 g/mol. The van der Waals surface area contributed by atoms with Crippen molar-refractivity contribution in [2.75, 3.05) is 7.11 Å². The fourth-order valence-electron chi connectivity index (χ4n) is 4.63. The number of nitrogens with zero attached hydrogens (tertiary/aromatic N) is 4. The highest BCUT2D eigenvalue weighted by molar-refractivity contribution is 5.77. The molecule has 0 N–H and O–H groups in total. The molecule has 6 nitrogen and oxygen atoms in total. The smallest absolute Gasteiger partial charge is 0.225 e. The van der Waals surface area contributed by atoms with Gasteiger partial charge in [0.25, 0.3) is 0 Å². The van der Waals surface area contributed by atoms with E-state index in [4.69, 9.17) is 4.74 Å². The third kappa shape index (κ3) is 3.99. The van der Waals surface area contributed by atoms with Crippen LogP contribution in [0.3, 0.4) is 0 Å². The van der Waals surface area contributed by atoms with E-state index in [0.29, 0.717) is 31.5 Å². The Bertz CT molecular complexity index is 768. The summed E-state index contributed by atoms with van der Waals surface area (Å²) in [6.07, 6.45) is 11.3. The number of carbonyl (C=O) groups excluding carboxylic acids is 1. The van der Waals surface area contributed by atoms with Crippen molar-refractivity contribution in [1.29, 1.82) is 0 Å². The molecule has 2 aliphatic rings. The van der Waals surface area contributed by atoms with Crippen molar-refractivity contribution in [2.24, 2.45) is 5.92 Å². The molecule has 0 spiro atoms. The molecule has 2 heterocycles. The lowest BCUT2D eigenvalue weighted by Crippen LogP contribution is -2.48.